The Hall–Kier alpha value is -0.790. The summed E-state index contributed by atoms with van der Waals surface area (Å²) in [5.74, 6) is 0.507. The molecule has 1 N–H and O–H groups in total. The van der Waals surface area contributed by atoms with Gasteiger partial charge in [0.05, 0.1) is 5.54 Å². The van der Waals surface area contributed by atoms with Crippen LogP contribution in [-0.4, -0.2) is 11.4 Å². The Morgan fingerprint density at radius 2 is 1.86 bits per heavy atom. The van der Waals surface area contributed by atoms with Crippen LogP contribution in [0.3, 0.4) is 0 Å². The molecule has 0 heterocycles. The average molecular weight is 197 g/mol. The molecule has 1 aliphatic rings. The fourth-order valence-electron chi connectivity index (χ4n) is 1.22. The van der Waals surface area contributed by atoms with Crippen LogP contribution >= 0.6 is 0 Å². The molecule has 0 bridgehead atoms. The molecule has 0 spiro atoms. The van der Waals surface area contributed by atoms with Crippen molar-refractivity contribution in [2.75, 3.05) is 0 Å². The Morgan fingerprint density at radius 1 is 1.36 bits per heavy atom. The highest BCUT2D eigenvalue weighted by Crippen LogP contribution is 2.29. The van der Waals surface area contributed by atoms with E-state index in [1.165, 1.54) is 0 Å². The number of amides is 1. The van der Waals surface area contributed by atoms with Gasteiger partial charge in [0, 0.05) is 5.92 Å². The van der Waals surface area contributed by atoms with Crippen molar-refractivity contribution in [2.45, 2.75) is 53.0 Å². The molecule has 0 saturated heterocycles. The molecule has 0 atom stereocenters. The Kier molecular flexibility index (Phi) is 5.51. The third-order valence-electron chi connectivity index (χ3n) is 1.98. The van der Waals surface area contributed by atoms with E-state index >= 15 is 0 Å². The maximum atomic E-state index is 11.4. The number of hydrogen-bond acceptors (Lipinski definition) is 1. The van der Waals surface area contributed by atoms with Gasteiger partial charge in [-0.2, -0.15) is 0 Å². The Labute approximate surface area is 87.8 Å². The smallest absolute Gasteiger partial charge is 0.223 e. The van der Waals surface area contributed by atoms with Crippen LogP contribution in [0.2, 0.25) is 0 Å². The minimum absolute atomic E-state index is 0.186. The van der Waals surface area contributed by atoms with E-state index in [1.807, 2.05) is 46.8 Å². The third-order valence-corrected chi connectivity index (χ3v) is 1.98. The predicted octanol–water partition coefficient (Wildman–Crippen LogP) is 2.89. The zero-order chi connectivity index (χ0) is 11.2. The number of allylic oxidation sites excluding steroid dienone is 1. The first-order chi connectivity index (χ1) is 6.55. The number of carbonyl (C=O) groups excluding carboxylic acids is 1. The highest BCUT2D eigenvalue weighted by molar-refractivity contribution is 5.81. The molecule has 1 amide bonds. The summed E-state index contributed by atoms with van der Waals surface area (Å²) >= 11 is 0. The Bertz CT molecular complexity index is 202. The zero-order valence-electron chi connectivity index (χ0n) is 10.1. The monoisotopic (exact) mass is 197 g/mol. The zero-order valence-corrected chi connectivity index (χ0v) is 10.1. The van der Waals surface area contributed by atoms with Crippen molar-refractivity contribution in [3.8, 4) is 0 Å². The van der Waals surface area contributed by atoms with Crippen molar-refractivity contribution < 1.29 is 4.79 Å². The molecule has 2 nitrogen and oxygen atoms in total. The lowest BCUT2D eigenvalue weighted by molar-refractivity contribution is -0.123. The topological polar surface area (TPSA) is 29.1 Å². The summed E-state index contributed by atoms with van der Waals surface area (Å²) in [5, 5.41) is 2.99. The van der Waals surface area contributed by atoms with Crippen LogP contribution < -0.4 is 5.32 Å². The Morgan fingerprint density at radius 3 is 2.21 bits per heavy atom. The maximum absolute atomic E-state index is 11.4. The fourth-order valence-corrected chi connectivity index (χ4v) is 1.22. The second kappa shape index (κ2) is 5.84. The molecule has 0 aromatic rings. The maximum Gasteiger partial charge on any atom is 0.223 e. The predicted molar refractivity (Wildman–Crippen MR) is 61.1 cm³/mol. The van der Waals surface area contributed by atoms with E-state index in [1.54, 1.807) is 0 Å². The number of carbonyl (C=O) groups is 1. The van der Waals surface area contributed by atoms with Crippen LogP contribution in [0, 0.1) is 5.92 Å². The molecule has 1 rings (SSSR count). The van der Waals surface area contributed by atoms with Crippen molar-refractivity contribution in [1.29, 1.82) is 0 Å². The lowest BCUT2D eigenvalue weighted by Gasteiger charge is -2.22. The van der Waals surface area contributed by atoms with Crippen LogP contribution in [0.5, 0.6) is 0 Å². The van der Waals surface area contributed by atoms with E-state index in [4.69, 9.17) is 0 Å². The SMILES string of the molecule is C/C=C/C(C)(C)NC(=O)C1CC1.CC. The van der Waals surface area contributed by atoms with Gasteiger partial charge in [-0.15, -0.1) is 0 Å². The number of nitrogens with one attached hydrogen (secondary N) is 1. The number of hydrogen-bond donors (Lipinski definition) is 1. The summed E-state index contributed by atoms with van der Waals surface area (Å²) in [7, 11) is 0. The summed E-state index contributed by atoms with van der Waals surface area (Å²) in [6.45, 7) is 9.98. The third kappa shape index (κ3) is 5.05. The lowest BCUT2D eigenvalue weighted by atomic mass is 10.0. The highest BCUT2D eigenvalue weighted by Gasteiger charge is 2.32. The molecule has 2 heteroatoms. The van der Waals surface area contributed by atoms with E-state index in [0.717, 1.165) is 12.8 Å². The van der Waals surface area contributed by atoms with Gasteiger partial charge in [-0.05, 0) is 33.6 Å². The first-order valence-corrected chi connectivity index (χ1v) is 5.51. The molecule has 0 radical (unpaired) electrons. The summed E-state index contributed by atoms with van der Waals surface area (Å²) in [6, 6.07) is 0. The number of rotatable bonds is 3. The van der Waals surface area contributed by atoms with E-state index in [2.05, 4.69) is 5.32 Å². The van der Waals surface area contributed by atoms with Gasteiger partial charge in [-0.25, -0.2) is 0 Å². The van der Waals surface area contributed by atoms with Crippen molar-refractivity contribution in [1.82, 2.24) is 5.32 Å². The van der Waals surface area contributed by atoms with Crippen molar-refractivity contribution in [3.63, 3.8) is 0 Å². The molecule has 0 aliphatic heterocycles. The fraction of sp³-hybridized carbons (Fsp3) is 0.750. The lowest BCUT2D eigenvalue weighted by Crippen LogP contribution is -2.42. The summed E-state index contributed by atoms with van der Waals surface area (Å²) in [4.78, 5) is 11.4. The van der Waals surface area contributed by atoms with Gasteiger partial charge in [0.25, 0.3) is 0 Å². The van der Waals surface area contributed by atoms with Gasteiger partial charge < -0.3 is 5.32 Å². The van der Waals surface area contributed by atoms with Gasteiger partial charge in [-0.1, -0.05) is 26.0 Å². The summed E-state index contributed by atoms with van der Waals surface area (Å²) < 4.78 is 0. The Balaban J connectivity index is 0.000000791. The van der Waals surface area contributed by atoms with E-state index in [0.29, 0.717) is 5.92 Å². The van der Waals surface area contributed by atoms with Gasteiger partial charge >= 0.3 is 0 Å². The second-order valence-electron chi connectivity index (χ2n) is 3.99. The largest absolute Gasteiger partial charge is 0.348 e. The second-order valence-corrected chi connectivity index (χ2v) is 3.99. The molecular formula is C12H23NO. The molecule has 1 fully saturated rings. The molecule has 1 saturated carbocycles. The normalized spacial score (nSPS) is 16.1. The quantitative estimate of drug-likeness (QED) is 0.692. The highest BCUT2D eigenvalue weighted by atomic mass is 16.2. The van der Waals surface area contributed by atoms with Crippen molar-refractivity contribution >= 4 is 5.91 Å². The molecular weight excluding hydrogens is 174 g/mol. The van der Waals surface area contributed by atoms with E-state index in [-0.39, 0.29) is 11.4 Å². The molecule has 82 valence electrons. The minimum Gasteiger partial charge on any atom is -0.348 e. The van der Waals surface area contributed by atoms with Crippen LogP contribution in [0.4, 0.5) is 0 Å². The molecule has 14 heavy (non-hydrogen) atoms. The standard InChI is InChI=1S/C10H17NO.C2H6/c1-4-7-10(2,3)11-9(12)8-5-6-8;1-2/h4,7-8H,5-6H2,1-3H3,(H,11,12);1-2H3/b7-4+;. The van der Waals surface area contributed by atoms with Gasteiger partial charge in [0.1, 0.15) is 0 Å². The molecule has 0 aromatic heterocycles. The van der Waals surface area contributed by atoms with Gasteiger partial charge in [0.2, 0.25) is 5.91 Å². The van der Waals surface area contributed by atoms with E-state index < -0.39 is 0 Å². The van der Waals surface area contributed by atoms with Crippen molar-refractivity contribution in [2.24, 2.45) is 5.92 Å². The van der Waals surface area contributed by atoms with Crippen LogP contribution in [0.15, 0.2) is 12.2 Å². The van der Waals surface area contributed by atoms with Crippen LogP contribution in [-0.2, 0) is 4.79 Å². The summed E-state index contributed by atoms with van der Waals surface area (Å²) in [5.41, 5.74) is -0.186. The van der Waals surface area contributed by atoms with Crippen molar-refractivity contribution in [3.05, 3.63) is 12.2 Å². The van der Waals surface area contributed by atoms with Crippen LogP contribution in [0.25, 0.3) is 0 Å². The van der Waals surface area contributed by atoms with Gasteiger partial charge in [0.15, 0.2) is 0 Å². The van der Waals surface area contributed by atoms with E-state index in [9.17, 15) is 4.79 Å². The van der Waals surface area contributed by atoms with Gasteiger partial charge in [-0.3, -0.25) is 4.79 Å². The minimum atomic E-state index is -0.186. The van der Waals surface area contributed by atoms with Crippen LogP contribution in [0.1, 0.15) is 47.5 Å². The molecule has 0 aromatic carbocycles. The molecule has 1 aliphatic carbocycles. The molecule has 0 unspecified atom stereocenters. The first-order valence-electron chi connectivity index (χ1n) is 5.51. The first kappa shape index (κ1) is 13.2. The average Bonchev–Trinajstić information content (AvgIpc) is 2.88. The summed E-state index contributed by atoms with van der Waals surface area (Å²) in [6.07, 6.45) is 6.11.